The maximum Gasteiger partial charge on any atom is 0.328 e. The Bertz CT molecular complexity index is 829. The molecule has 0 radical (unpaired) electrons. The van der Waals surface area contributed by atoms with Crippen molar-refractivity contribution in [1.82, 2.24) is 9.97 Å². The third-order valence-corrected chi connectivity index (χ3v) is 5.49. The highest BCUT2D eigenvalue weighted by Crippen LogP contribution is 2.45. The fourth-order valence-electron chi connectivity index (χ4n) is 4.38. The van der Waals surface area contributed by atoms with Crippen LogP contribution in [0.1, 0.15) is 19.3 Å². The van der Waals surface area contributed by atoms with Crippen LogP contribution in [0.3, 0.4) is 0 Å². The molecule has 1 aliphatic carbocycles. The van der Waals surface area contributed by atoms with Crippen molar-refractivity contribution in [1.29, 1.82) is 0 Å². The van der Waals surface area contributed by atoms with Gasteiger partial charge in [-0.25, -0.2) is 19.2 Å². The summed E-state index contributed by atoms with van der Waals surface area (Å²) in [6.07, 6.45) is 4.67. The fraction of sp³-hybridized carbons (Fsp3) is 0.500. The number of esters is 1. The van der Waals surface area contributed by atoms with Crippen LogP contribution < -0.4 is 9.64 Å². The van der Waals surface area contributed by atoms with Gasteiger partial charge in [0.1, 0.15) is 18.2 Å². The van der Waals surface area contributed by atoms with E-state index in [1.54, 1.807) is 6.07 Å². The van der Waals surface area contributed by atoms with Crippen LogP contribution >= 0.6 is 0 Å². The molecule has 3 unspecified atom stereocenters. The minimum absolute atomic E-state index is 0.137. The van der Waals surface area contributed by atoms with Crippen LogP contribution in [0.5, 0.6) is 5.75 Å². The molecule has 132 valence electrons. The summed E-state index contributed by atoms with van der Waals surface area (Å²) in [5, 5.41) is 0.676. The average molecular weight is 345 g/mol. The Morgan fingerprint density at radius 1 is 1.28 bits per heavy atom. The normalized spacial score (nSPS) is 25.2. The zero-order valence-electron chi connectivity index (χ0n) is 14.2. The number of halogens is 1. The maximum atomic E-state index is 14.0. The standard InChI is InChI=1S/C18H20FN3O3/c1-24-15-6-12-14(7-13(15)19)20-9-21-17(12)22-8-10-4-3-5-11(10)16(22)18(23)25-2/h6-7,9-11,16H,3-5,8H2,1-2H3. The first-order chi connectivity index (χ1) is 12.1. The molecule has 0 spiro atoms. The molecule has 2 fully saturated rings. The summed E-state index contributed by atoms with van der Waals surface area (Å²) in [7, 11) is 2.84. The lowest BCUT2D eigenvalue weighted by atomic mass is 9.94. The van der Waals surface area contributed by atoms with Gasteiger partial charge in [-0.05, 0) is 30.7 Å². The summed E-state index contributed by atoms with van der Waals surface area (Å²) < 4.78 is 24.2. The number of fused-ring (bicyclic) bond motifs is 2. The van der Waals surface area contributed by atoms with Gasteiger partial charge in [0.15, 0.2) is 11.6 Å². The molecule has 6 nitrogen and oxygen atoms in total. The number of anilines is 1. The molecule has 1 aliphatic heterocycles. The van der Waals surface area contributed by atoms with E-state index in [4.69, 9.17) is 9.47 Å². The third kappa shape index (κ3) is 2.49. The number of ether oxygens (including phenoxy) is 2. The van der Waals surface area contributed by atoms with Crippen LogP contribution in [0, 0.1) is 17.7 Å². The van der Waals surface area contributed by atoms with Crippen molar-refractivity contribution < 1.29 is 18.7 Å². The molecule has 1 aromatic carbocycles. The number of methoxy groups -OCH3 is 2. The Kier molecular flexibility index (Phi) is 3.94. The molecule has 2 heterocycles. The number of carbonyl (C=O) groups excluding carboxylic acids is 1. The second-order valence-electron chi connectivity index (χ2n) is 6.68. The molecule has 2 aliphatic rings. The van der Waals surface area contributed by atoms with E-state index in [9.17, 15) is 9.18 Å². The highest BCUT2D eigenvalue weighted by molar-refractivity contribution is 5.93. The molecular formula is C18H20FN3O3. The molecule has 0 bridgehead atoms. The number of rotatable bonds is 3. The van der Waals surface area contributed by atoms with Crippen LogP contribution in [0.4, 0.5) is 10.2 Å². The van der Waals surface area contributed by atoms with Gasteiger partial charge in [-0.15, -0.1) is 0 Å². The number of carbonyl (C=O) groups is 1. The highest BCUT2D eigenvalue weighted by Gasteiger charge is 2.49. The van der Waals surface area contributed by atoms with Gasteiger partial charge in [0, 0.05) is 18.0 Å². The molecule has 2 aromatic rings. The van der Waals surface area contributed by atoms with Crippen LogP contribution in [0.2, 0.25) is 0 Å². The second kappa shape index (κ2) is 6.13. The summed E-state index contributed by atoms with van der Waals surface area (Å²) in [6, 6.07) is 2.58. The molecular weight excluding hydrogens is 325 g/mol. The van der Waals surface area contributed by atoms with Crippen LogP contribution in [-0.2, 0) is 9.53 Å². The Hall–Kier alpha value is -2.44. The Morgan fingerprint density at radius 2 is 2.12 bits per heavy atom. The second-order valence-corrected chi connectivity index (χ2v) is 6.68. The minimum atomic E-state index is -0.470. The number of hydrogen-bond acceptors (Lipinski definition) is 6. The summed E-state index contributed by atoms with van der Waals surface area (Å²) in [4.78, 5) is 23.0. The lowest BCUT2D eigenvalue weighted by molar-refractivity contribution is -0.143. The first kappa shape index (κ1) is 16.1. The zero-order chi connectivity index (χ0) is 17.6. The van der Waals surface area contributed by atoms with Gasteiger partial charge in [0.25, 0.3) is 0 Å². The van der Waals surface area contributed by atoms with Gasteiger partial charge in [-0.2, -0.15) is 0 Å². The van der Waals surface area contributed by atoms with E-state index in [0.717, 1.165) is 25.8 Å². The minimum Gasteiger partial charge on any atom is -0.494 e. The van der Waals surface area contributed by atoms with Crippen LogP contribution in [-0.4, -0.2) is 42.7 Å². The van der Waals surface area contributed by atoms with E-state index in [1.807, 2.05) is 4.90 Å². The van der Waals surface area contributed by atoms with Gasteiger partial charge in [0.05, 0.1) is 19.7 Å². The summed E-state index contributed by atoms with van der Waals surface area (Å²) in [5.74, 6) is 0.791. The molecule has 25 heavy (non-hydrogen) atoms. The summed E-state index contributed by atoms with van der Waals surface area (Å²) in [6.45, 7) is 0.746. The first-order valence-electron chi connectivity index (χ1n) is 8.46. The third-order valence-electron chi connectivity index (χ3n) is 5.49. The van der Waals surface area contributed by atoms with E-state index in [1.165, 1.54) is 26.6 Å². The van der Waals surface area contributed by atoms with Crippen molar-refractivity contribution in [2.75, 3.05) is 25.7 Å². The van der Waals surface area contributed by atoms with Crippen LogP contribution in [0.15, 0.2) is 18.5 Å². The smallest absolute Gasteiger partial charge is 0.328 e. The quantitative estimate of drug-likeness (QED) is 0.797. The van der Waals surface area contributed by atoms with Crippen molar-refractivity contribution in [3.8, 4) is 5.75 Å². The van der Waals surface area contributed by atoms with Gasteiger partial charge >= 0.3 is 5.97 Å². The van der Waals surface area contributed by atoms with Crippen molar-refractivity contribution >= 4 is 22.7 Å². The van der Waals surface area contributed by atoms with Crippen molar-refractivity contribution in [2.45, 2.75) is 25.3 Å². The topological polar surface area (TPSA) is 64.5 Å². The predicted molar refractivity (Wildman–Crippen MR) is 90.0 cm³/mol. The highest BCUT2D eigenvalue weighted by atomic mass is 19.1. The Morgan fingerprint density at radius 3 is 2.88 bits per heavy atom. The molecule has 1 aromatic heterocycles. The SMILES string of the molecule is COC(=O)C1C2CCCC2CN1c1ncnc2cc(F)c(OC)cc12. The molecule has 1 saturated carbocycles. The molecule has 0 N–H and O–H groups in total. The van der Waals surface area contributed by atoms with Crippen molar-refractivity contribution in [2.24, 2.45) is 11.8 Å². The summed E-state index contributed by atoms with van der Waals surface area (Å²) >= 11 is 0. The van der Waals surface area contributed by atoms with E-state index in [0.29, 0.717) is 22.6 Å². The lowest BCUT2D eigenvalue weighted by Gasteiger charge is -2.27. The molecule has 4 rings (SSSR count). The van der Waals surface area contributed by atoms with Gasteiger partial charge in [0.2, 0.25) is 0 Å². The Labute approximate surface area is 145 Å². The van der Waals surface area contributed by atoms with Crippen LogP contribution in [0.25, 0.3) is 10.9 Å². The van der Waals surface area contributed by atoms with Gasteiger partial charge in [-0.3, -0.25) is 0 Å². The van der Waals surface area contributed by atoms with E-state index in [-0.39, 0.29) is 23.7 Å². The number of nitrogens with zero attached hydrogens (tertiary/aromatic N) is 3. The van der Waals surface area contributed by atoms with Crippen molar-refractivity contribution in [3.05, 3.63) is 24.3 Å². The summed E-state index contributed by atoms with van der Waals surface area (Å²) in [5.41, 5.74) is 0.490. The molecule has 7 heteroatoms. The molecule has 3 atom stereocenters. The van der Waals surface area contributed by atoms with E-state index >= 15 is 0 Å². The maximum absolute atomic E-state index is 14.0. The molecule has 0 amide bonds. The average Bonchev–Trinajstić information content (AvgIpc) is 3.20. The molecule has 1 saturated heterocycles. The number of aromatic nitrogens is 2. The van der Waals surface area contributed by atoms with Crippen molar-refractivity contribution in [3.63, 3.8) is 0 Å². The monoisotopic (exact) mass is 345 g/mol. The zero-order valence-corrected chi connectivity index (χ0v) is 14.2. The van der Waals surface area contributed by atoms with E-state index < -0.39 is 5.82 Å². The van der Waals surface area contributed by atoms with E-state index in [2.05, 4.69) is 9.97 Å². The predicted octanol–water partition coefficient (Wildman–Crippen LogP) is 2.56. The van der Waals surface area contributed by atoms with Gasteiger partial charge in [-0.1, -0.05) is 6.42 Å². The fourth-order valence-corrected chi connectivity index (χ4v) is 4.38. The van der Waals surface area contributed by atoms with Gasteiger partial charge < -0.3 is 14.4 Å². The lowest BCUT2D eigenvalue weighted by Crippen LogP contribution is -2.41. The number of benzene rings is 1. The first-order valence-corrected chi connectivity index (χ1v) is 8.46. The largest absolute Gasteiger partial charge is 0.494 e. The number of hydrogen-bond donors (Lipinski definition) is 0. The Balaban J connectivity index is 1.84.